The molecular weight excluding hydrogens is 270 g/mol. The van der Waals surface area contributed by atoms with Crippen molar-refractivity contribution in [1.82, 2.24) is 0 Å². The Morgan fingerprint density at radius 2 is 1.90 bits per heavy atom. The minimum Gasteiger partial charge on any atom is -0.497 e. The number of azo groups is 1. The van der Waals surface area contributed by atoms with Gasteiger partial charge in [0.2, 0.25) is 0 Å². The lowest BCUT2D eigenvalue weighted by atomic mass is 10.2. The molecule has 0 saturated heterocycles. The Kier molecular flexibility index (Phi) is 4.26. The second-order valence-corrected chi connectivity index (χ2v) is 4.00. The molecule has 0 atom stereocenters. The highest BCUT2D eigenvalue weighted by Gasteiger charge is 2.04. The first-order valence-corrected chi connectivity index (χ1v) is 5.95. The van der Waals surface area contributed by atoms with Crippen molar-refractivity contribution in [2.45, 2.75) is 0 Å². The van der Waals surface area contributed by atoms with E-state index in [1.807, 2.05) is 0 Å². The Bertz CT molecular complexity index is 731. The minimum atomic E-state index is -0.471. The van der Waals surface area contributed by atoms with Crippen LogP contribution in [0.1, 0.15) is 5.56 Å². The maximum Gasteiger partial charge on any atom is 0.269 e. The summed E-state index contributed by atoms with van der Waals surface area (Å²) in [6, 6.07) is 10.9. The number of nitrogens with zero attached hydrogens (tertiary/aromatic N) is 3. The van der Waals surface area contributed by atoms with E-state index in [0.29, 0.717) is 22.7 Å². The molecule has 0 spiro atoms. The van der Waals surface area contributed by atoms with E-state index < -0.39 is 4.92 Å². The number of hydrogen-bond acceptors (Lipinski definition) is 5. The summed E-state index contributed by atoms with van der Waals surface area (Å²) in [6.07, 6.45) is 5.41. The lowest BCUT2D eigenvalue weighted by Gasteiger charge is -2.02. The summed E-state index contributed by atoms with van der Waals surface area (Å²) in [5, 5.41) is 18.6. The molecule has 2 aromatic carbocycles. The van der Waals surface area contributed by atoms with Gasteiger partial charge in [0.25, 0.3) is 5.69 Å². The normalized spacial score (nSPS) is 10.3. The van der Waals surface area contributed by atoms with Crippen LogP contribution in [0, 0.1) is 22.5 Å². The molecule has 2 rings (SSSR count). The topological polar surface area (TPSA) is 77.1 Å². The summed E-state index contributed by atoms with van der Waals surface area (Å²) < 4.78 is 5.08. The van der Waals surface area contributed by atoms with Crippen LogP contribution in [-0.2, 0) is 0 Å². The maximum absolute atomic E-state index is 10.6. The van der Waals surface area contributed by atoms with Gasteiger partial charge in [0.05, 0.1) is 23.3 Å². The molecule has 0 aliphatic carbocycles. The first kappa shape index (κ1) is 14.2. The van der Waals surface area contributed by atoms with E-state index in [1.54, 1.807) is 25.3 Å². The van der Waals surface area contributed by atoms with Crippen LogP contribution in [0.4, 0.5) is 17.1 Å². The van der Waals surface area contributed by atoms with E-state index in [9.17, 15) is 10.1 Å². The van der Waals surface area contributed by atoms with Crippen molar-refractivity contribution in [2.24, 2.45) is 10.2 Å². The summed E-state index contributed by atoms with van der Waals surface area (Å²) in [5.74, 6) is 3.14. The predicted molar refractivity (Wildman–Crippen MR) is 78.2 cm³/mol. The predicted octanol–water partition coefficient (Wildman–Crippen LogP) is 4.00. The highest BCUT2D eigenvalue weighted by molar-refractivity contribution is 5.57. The van der Waals surface area contributed by atoms with Gasteiger partial charge < -0.3 is 4.74 Å². The third kappa shape index (κ3) is 3.42. The largest absolute Gasteiger partial charge is 0.497 e. The molecule has 0 aliphatic rings. The van der Waals surface area contributed by atoms with Gasteiger partial charge in [0, 0.05) is 12.1 Å². The fourth-order valence-electron chi connectivity index (χ4n) is 1.60. The van der Waals surface area contributed by atoms with Gasteiger partial charge in [-0.1, -0.05) is 5.92 Å². The molecule has 2 aromatic rings. The summed E-state index contributed by atoms with van der Waals surface area (Å²) in [7, 11) is 1.55. The molecule has 0 aromatic heterocycles. The van der Waals surface area contributed by atoms with Crippen LogP contribution < -0.4 is 4.74 Å². The van der Waals surface area contributed by atoms with Crippen molar-refractivity contribution in [3.05, 3.63) is 58.1 Å². The van der Waals surface area contributed by atoms with Crippen LogP contribution in [-0.4, -0.2) is 12.0 Å². The van der Waals surface area contributed by atoms with Crippen molar-refractivity contribution < 1.29 is 9.66 Å². The summed E-state index contributed by atoms with van der Waals surface area (Å²) >= 11 is 0. The van der Waals surface area contributed by atoms with Gasteiger partial charge in [-0.3, -0.25) is 10.1 Å². The number of hydrogen-bond donors (Lipinski definition) is 0. The number of non-ortho nitro benzene ring substituents is 1. The van der Waals surface area contributed by atoms with Crippen LogP contribution in [0.5, 0.6) is 5.75 Å². The van der Waals surface area contributed by atoms with Gasteiger partial charge in [-0.25, -0.2) is 0 Å². The molecule has 6 heteroatoms. The zero-order valence-electron chi connectivity index (χ0n) is 11.2. The standard InChI is InChI=1S/C15H11N3O3/c1-3-11-10-14(21-2)8-9-15(11)17-16-12-4-6-13(7-5-12)18(19)20/h1,4-10H,2H3. The summed E-state index contributed by atoms with van der Waals surface area (Å²) in [5.41, 5.74) is 1.58. The van der Waals surface area contributed by atoms with Crippen LogP contribution in [0.2, 0.25) is 0 Å². The Hall–Kier alpha value is -3.20. The van der Waals surface area contributed by atoms with E-state index in [0.717, 1.165) is 0 Å². The third-order valence-corrected chi connectivity index (χ3v) is 2.69. The van der Waals surface area contributed by atoms with E-state index >= 15 is 0 Å². The molecule has 0 N–H and O–H groups in total. The highest BCUT2D eigenvalue weighted by atomic mass is 16.6. The Balaban J connectivity index is 2.25. The molecule has 21 heavy (non-hydrogen) atoms. The van der Waals surface area contributed by atoms with Gasteiger partial charge in [-0.05, 0) is 30.3 Å². The van der Waals surface area contributed by atoms with Crippen LogP contribution in [0.25, 0.3) is 0 Å². The van der Waals surface area contributed by atoms with Gasteiger partial charge in [0.1, 0.15) is 11.4 Å². The van der Waals surface area contributed by atoms with Crippen molar-refractivity contribution in [3.8, 4) is 18.1 Å². The number of ether oxygens (including phenoxy) is 1. The van der Waals surface area contributed by atoms with Crippen molar-refractivity contribution >= 4 is 17.1 Å². The molecule has 0 heterocycles. The van der Waals surface area contributed by atoms with Crippen molar-refractivity contribution in [2.75, 3.05) is 7.11 Å². The smallest absolute Gasteiger partial charge is 0.269 e. The van der Waals surface area contributed by atoms with Gasteiger partial charge in [-0.2, -0.15) is 5.11 Å². The fraction of sp³-hybridized carbons (Fsp3) is 0.0667. The SMILES string of the molecule is C#Cc1cc(OC)ccc1N=Nc1ccc([N+](=O)[O-])cc1. The molecule has 6 nitrogen and oxygen atoms in total. The number of terminal acetylenes is 1. The number of benzene rings is 2. The maximum atomic E-state index is 10.6. The Morgan fingerprint density at radius 3 is 2.48 bits per heavy atom. The molecule has 0 saturated carbocycles. The summed E-state index contributed by atoms with van der Waals surface area (Å²) in [4.78, 5) is 10.1. The molecule has 0 radical (unpaired) electrons. The van der Waals surface area contributed by atoms with Crippen LogP contribution in [0.15, 0.2) is 52.7 Å². The number of rotatable bonds is 4. The average molecular weight is 281 g/mol. The number of nitro groups is 1. The molecule has 0 fully saturated rings. The molecule has 0 aliphatic heterocycles. The fourth-order valence-corrected chi connectivity index (χ4v) is 1.60. The number of methoxy groups -OCH3 is 1. The third-order valence-electron chi connectivity index (χ3n) is 2.69. The first-order chi connectivity index (χ1) is 10.1. The highest BCUT2D eigenvalue weighted by Crippen LogP contribution is 2.26. The zero-order valence-corrected chi connectivity index (χ0v) is 11.2. The van der Waals surface area contributed by atoms with Gasteiger partial charge in [-0.15, -0.1) is 11.5 Å². The lowest BCUT2D eigenvalue weighted by molar-refractivity contribution is -0.384. The second kappa shape index (κ2) is 6.30. The van der Waals surface area contributed by atoms with E-state index in [1.165, 1.54) is 24.3 Å². The second-order valence-electron chi connectivity index (χ2n) is 4.00. The van der Waals surface area contributed by atoms with Crippen LogP contribution >= 0.6 is 0 Å². The van der Waals surface area contributed by atoms with E-state index in [4.69, 9.17) is 11.2 Å². The van der Waals surface area contributed by atoms with Crippen LogP contribution in [0.3, 0.4) is 0 Å². The van der Waals surface area contributed by atoms with Gasteiger partial charge >= 0.3 is 0 Å². The molecule has 0 unspecified atom stereocenters. The quantitative estimate of drug-likeness (QED) is 0.368. The molecular formula is C15H11N3O3. The Morgan fingerprint density at radius 1 is 1.19 bits per heavy atom. The first-order valence-electron chi connectivity index (χ1n) is 5.95. The zero-order chi connectivity index (χ0) is 15.2. The van der Waals surface area contributed by atoms with Crippen molar-refractivity contribution in [1.29, 1.82) is 0 Å². The monoisotopic (exact) mass is 281 g/mol. The van der Waals surface area contributed by atoms with E-state index in [2.05, 4.69) is 16.1 Å². The average Bonchev–Trinajstić information content (AvgIpc) is 2.53. The molecule has 0 amide bonds. The number of nitro benzene ring substituents is 1. The van der Waals surface area contributed by atoms with E-state index in [-0.39, 0.29) is 5.69 Å². The molecule has 0 bridgehead atoms. The minimum absolute atomic E-state index is 0.00251. The lowest BCUT2D eigenvalue weighted by Crippen LogP contribution is -1.85. The summed E-state index contributed by atoms with van der Waals surface area (Å²) in [6.45, 7) is 0. The van der Waals surface area contributed by atoms with Gasteiger partial charge in [0.15, 0.2) is 0 Å². The Labute approximate surface area is 121 Å². The van der Waals surface area contributed by atoms with Crippen molar-refractivity contribution in [3.63, 3.8) is 0 Å². The molecule has 104 valence electrons.